The fraction of sp³-hybridized carbons (Fsp3) is 0.0400. The second-order valence-electron chi connectivity index (χ2n) is 7.56. The average Bonchev–Trinajstić information content (AvgIpc) is 3.41. The Morgan fingerprint density at radius 2 is 1.64 bits per heavy atom. The van der Waals surface area contributed by atoms with Crippen LogP contribution in [0.25, 0.3) is 33.4 Å². The Morgan fingerprint density at radius 3 is 2.21 bits per heavy atom. The van der Waals surface area contributed by atoms with E-state index in [0.717, 1.165) is 0 Å². The Balaban J connectivity index is 0.000000461. The van der Waals surface area contributed by atoms with Gasteiger partial charge in [-0.25, -0.2) is 4.98 Å². The molecule has 0 radical (unpaired) electrons. The van der Waals surface area contributed by atoms with E-state index in [4.69, 9.17) is 4.42 Å². The van der Waals surface area contributed by atoms with Gasteiger partial charge in [0.2, 0.25) is 11.3 Å². The number of carbonyl (C=O) groups is 2. The monoisotopic (exact) mass is 798 g/mol. The maximum atomic E-state index is 12.4. The Bertz CT molecular complexity index is 1720. The van der Waals surface area contributed by atoms with Gasteiger partial charge in [-0.15, -0.1) is 0 Å². The maximum absolute atomic E-state index is 12.4. The van der Waals surface area contributed by atoms with Gasteiger partial charge in [0.1, 0.15) is 16.4 Å². The molecule has 3 aromatic rings. The number of carboxylic acid groups (broad SMARTS) is 1. The van der Waals surface area contributed by atoms with Crippen molar-refractivity contribution in [3.63, 3.8) is 0 Å². The normalized spacial score (nSPS) is 10.3. The van der Waals surface area contributed by atoms with E-state index >= 15 is 0 Å². The molecule has 1 aliphatic heterocycles. The first-order chi connectivity index (χ1) is 17.5. The molecular weight excluding hydrogens is 790 g/mol. The van der Waals surface area contributed by atoms with E-state index in [9.17, 15) is 24.6 Å². The number of carboxylic acids is 1. The summed E-state index contributed by atoms with van der Waals surface area (Å²) in [5.41, 5.74) is 1.17. The summed E-state index contributed by atoms with van der Waals surface area (Å²) in [4.78, 5) is 38.3. The van der Waals surface area contributed by atoms with Crippen LogP contribution in [0.4, 0.5) is 0 Å². The minimum atomic E-state index is -1.35. The van der Waals surface area contributed by atoms with Crippen molar-refractivity contribution in [1.82, 2.24) is 9.55 Å². The summed E-state index contributed by atoms with van der Waals surface area (Å²) < 4.78 is 8.21. The number of hydrogen-bond acceptors (Lipinski definition) is 7. The second-order valence-corrected chi connectivity index (χ2v) is 10.9. The summed E-state index contributed by atoms with van der Waals surface area (Å²) >= 11 is 13.0. The molecule has 2 heterocycles. The van der Waals surface area contributed by atoms with Crippen molar-refractivity contribution in [3.8, 4) is 28.2 Å². The third-order valence-corrected chi connectivity index (χ3v) is 7.91. The van der Waals surface area contributed by atoms with E-state index in [1.54, 1.807) is 42.7 Å². The van der Waals surface area contributed by atoms with Crippen LogP contribution >= 0.6 is 63.7 Å². The van der Waals surface area contributed by atoms with Gasteiger partial charge >= 0.3 is 59.1 Å². The van der Waals surface area contributed by atoms with Gasteiger partial charge in [-0.1, -0.05) is 45.9 Å². The molecule has 14 heteroatoms. The number of nitrogens with zero attached hydrogens (tertiary/aromatic N) is 2. The van der Waals surface area contributed by atoms with E-state index in [-0.39, 0.29) is 111 Å². The van der Waals surface area contributed by atoms with Crippen LogP contribution in [0.3, 0.4) is 0 Å². The first-order valence-electron chi connectivity index (χ1n) is 10.3. The molecule has 0 unspecified atom stereocenters. The predicted octanol–water partition coefficient (Wildman–Crippen LogP) is -0.397. The zero-order valence-corrected chi connectivity index (χ0v) is 30.9. The molecule has 1 aromatic heterocycles. The van der Waals surface area contributed by atoms with Crippen molar-refractivity contribution < 1.29 is 83.3 Å². The summed E-state index contributed by atoms with van der Waals surface area (Å²) in [5.74, 6) is -1.51. The van der Waals surface area contributed by atoms with Crippen LogP contribution in [-0.4, -0.2) is 21.4 Å². The van der Waals surface area contributed by atoms with E-state index in [0.29, 0.717) is 22.1 Å². The molecule has 188 valence electrons. The number of fused-ring (bicyclic) bond motifs is 2. The third-order valence-electron chi connectivity index (χ3n) is 5.29. The first kappa shape index (κ1) is 34.4. The third kappa shape index (κ3) is 6.99. The van der Waals surface area contributed by atoms with Gasteiger partial charge in [-0.3, -0.25) is 14.2 Å². The summed E-state index contributed by atoms with van der Waals surface area (Å²) in [6.45, 7) is 1.49. The van der Waals surface area contributed by atoms with Crippen molar-refractivity contribution >= 4 is 86.6 Å². The van der Waals surface area contributed by atoms with Crippen LogP contribution in [0.1, 0.15) is 22.1 Å². The van der Waals surface area contributed by atoms with Crippen LogP contribution in [0.15, 0.2) is 82.2 Å². The van der Waals surface area contributed by atoms with E-state index in [1.807, 2.05) is 0 Å². The minimum absolute atomic E-state index is 0. The number of halogens is 4. The fourth-order valence-electron chi connectivity index (χ4n) is 3.60. The second kappa shape index (κ2) is 14.4. The molecule has 2 aliphatic rings. The summed E-state index contributed by atoms with van der Waals surface area (Å²) in [6.07, 6.45) is 4.66. The molecule has 0 bridgehead atoms. The van der Waals surface area contributed by atoms with Gasteiger partial charge in [0.15, 0.2) is 5.76 Å². The molecule has 8 nitrogen and oxygen atoms in total. The summed E-state index contributed by atoms with van der Waals surface area (Å²) in [6, 6.07) is 9.50. The molecule has 39 heavy (non-hydrogen) atoms. The average molecular weight is 802 g/mol. The zero-order valence-electron chi connectivity index (χ0n) is 20.6. The minimum Gasteiger partial charge on any atom is -0.871 e. The SMILES string of the molecule is CC(=O)n1ccnc1.O=C([O-])c1ccccc1-c1c2cc(Br)c(=O)c(Br)c-2oc2c(Br)c([O-])c(Br)cc12.[Na+].[Na+]. The molecule has 0 fully saturated rings. The van der Waals surface area contributed by atoms with Gasteiger partial charge in [0.05, 0.1) is 14.9 Å². The quantitative estimate of drug-likeness (QED) is 0.176. The van der Waals surface area contributed by atoms with Crippen LogP contribution in [0, 0.1) is 0 Å². The van der Waals surface area contributed by atoms with Crippen molar-refractivity contribution in [2.24, 2.45) is 0 Å². The van der Waals surface area contributed by atoms with Gasteiger partial charge in [-0.2, -0.15) is 0 Å². The van der Waals surface area contributed by atoms with E-state index in [1.165, 1.54) is 23.9 Å². The van der Waals surface area contributed by atoms with Crippen LogP contribution in [0.5, 0.6) is 5.75 Å². The largest absolute Gasteiger partial charge is 1.00 e. The Kier molecular flexibility index (Phi) is 12.7. The summed E-state index contributed by atoms with van der Waals surface area (Å²) in [7, 11) is 0. The number of imidazole rings is 1. The smallest absolute Gasteiger partial charge is 0.871 e. The number of carbonyl (C=O) groups excluding carboxylic acids is 2. The van der Waals surface area contributed by atoms with Crippen LogP contribution in [-0.2, 0) is 0 Å². The van der Waals surface area contributed by atoms with Crippen LogP contribution in [0.2, 0.25) is 0 Å². The van der Waals surface area contributed by atoms with Gasteiger partial charge in [0.25, 0.3) is 0 Å². The number of hydrogen-bond donors (Lipinski definition) is 0. The molecule has 0 spiro atoms. The Labute approximate surface area is 299 Å². The van der Waals surface area contributed by atoms with Gasteiger partial charge < -0.3 is 19.4 Å². The number of benzene rings is 3. The number of rotatable bonds is 2. The molecule has 0 saturated heterocycles. The van der Waals surface area contributed by atoms with Crippen LogP contribution < -0.4 is 74.8 Å². The zero-order chi connectivity index (χ0) is 27.0. The van der Waals surface area contributed by atoms with E-state index in [2.05, 4.69) is 68.7 Å². The predicted molar refractivity (Wildman–Crippen MR) is 148 cm³/mol. The van der Waals surface area contributed by atoms with E-state index < -0.39 is 5.97 Å². The summed E-state index contributed by atoms with van der Waals surface area (Å²) in [5, 5.41) is 24.7. The maximum Gasteiger partial charge on any atom is 1.00 e. The molecule has 0 saturated carbocycles. The Morgan fingerprint density at radius 1 is 0.974 bits per heavy atom. The first-order valence-corrected chi connectivity index (χ1v) is 13.4. The number of aromatic nitrogens is 2. The van der Waals surface area contributed by atoms with Gasteiger partial charge in [0, 0.05) is 45.9 Å². The fourth-order valence-corrected chi connectivity index (χ4v) is 6.00. The molecular formula is C25H12Br4N2Na2O6. The molecule has 1 aliphatic carbocycles. The molecule has 0 amide bonds. The van der Waals surface area contributed by atoms with Crippen molar-refractivity contribution in [1.29, 1.82) is 0 Å². The standard InChI is InChI=1S/C20H8Br4O5.C5H6N2O.2Na/c21-11-5-9-13(7-3-1-2-4-8(7)20(27)28)10-6-12(22)17(26)15(24)19(10)29-18(9)14(23)16(11)25;1-5(8)7-3-2-6-4-7;;/h1-6,25H,(H,27,28);2-4H,1H3;;/q;;2*+1/p-2. The number of aromatic carboxylic acids is 1. The topological polar surface area (TPSA) is 128 Å². The molecule has 0 N–H and O–H groups in total. The van der Waals surface area contributed by atoms with Crippen molar-refractivity contribution in [2.75, 3.05) is 0 Å². The Hall–Kier alpha value is -0.800. The van der Waals surface area contributed by atoms with Crippen molar-refractivity contribution in [3.05, 3.63) is 88.8 Å². The van der Waals surface area contributed by atoms with Gasteiger partial charge in [-0.05, 0) is 65.5 Å². The van der Waals surface area contributed by atoms with Crippen molar-refractivity contribution in [2.45, 2.75) is 6.92 Å². The molecule has 5 rings (SSSR count). The molecule has 2 aromatic carbocycles. The molecule has 0 atom stereocenters.